The van der Waals surface area contributed by atoms with Crippen LogP contribution in [0.3, 0.4) is 0 Å². The smallest absolute Gasteiger partial charge is 0.407 e. The van der Waals surface area contributed by atoms with Crippen LogP contribution in [0.4, 0.5) is 10.5 Å². The summed E-state index contributed by atoms with van der Waals surface area (Å²) in [5, 5.41) is 20.2. The van der Waals surface area contributed by atoms with Crippen molar-refractivity contribution >= 4 is 29.5 Å². The molecule has 4 amide bonds. The third-order valence-corrected chi connectivity index (χ3v) is 12.0. The number of aromatic nitrogens is 5. The van der Waals surface area contributed by atoms with Gasteiger partial charge in [-0.3, -0.25) is 19.4 Å². The number of nitrogens with zero attached hydrogens (tertiary/aromatic N) is 6. The highest BCUT2D eigenvalue weighted by molar-refractivity contribution is 6.17. The molecule has 6 rings (SSSR count). The van der Waals surface area contributed by atoms with E-state index in [0.717, 1.165) is 61.0 Å². The van der Waals surface area contributed by atoms with Crippen LogP contribution in [0.15, 0.2) is 60.8 Å². The van der Waals surface area contributed by atoms with Crippen LogP contribution >= 0.6 is 0 Å². The Balaban J connectivity index is 1.08. The molecule has 5 N–H and O–H groups in total. The zero-order valence-electron chi connectivity index (χ0n) is 36.4. The molecule has 0 aliphatic heterocycles. The van der Waals surface area contributed by atoms with E-state index < -0.39 is 29.6 Å². The lowest BCUT2D eigenvalue weighted by molar-refractivity contribution is -0.130. The molecule has 2 aliphatic carbocycles. The van der Waals surface area contributed by atoms with E-state index in [0.29, 0.717) is 61.0 Å². The van der Waals surface area contributed by atoms with Crippen LogP contribution in [0.2, 0.25) is 0 Å². The van der Waals surface area contributed by atoms with Crippen molar-refractivity contribution in [3.8, 4) is 22.5 Å². The molecule has 0 unspecified atom stereocenters. The van der Waals surface area contributed by atoms with Gasteiger partial charge in [-0.15, -0.1) is 10.2 Å². The number of imide groups is 1. The lowest BCUT2D eigenvalue weighted by Crippen LogP contribution is -2.50. The maximum Gasteiger partial charge on any atom is 0.407 e. The van der Waals surface area contributed by atoms with Gasteiger partial charge in [-0.2, -0.15) is 5.21 Å². The lowest BCUT2D eigenvalue weighted by Gasteiger charge is -2.36. The molecular weight excluding hydrogens is 773 g/mol. The molecule has 0 spiro atoms. The lowest BCUT2D eigenvalue weighted by atomic mass is 9.81. The number of rotatable bonds is 14. The average molecular weight is 835 g/mol. The number of pyridine rings is 1. The van der Waals surface area contributed by atoms with Crippen molar-refractivity contribution in [1.29, 1.82) is 0 Å². The van der Waals surface area contributed by atoms with Gasteiger partial charge in [0.15, 0.2) is 0 Å². The topological polar surface area (TPSA) is 201 Å². The monoisotopic (exact) mass is 834 g/mol. The maximum absolute atomic E-state index is 14.3. The van der Waals surface area contributed by atoms with Crippen LogP contribution in [-0.2, 0) is 20.7 Å². The number of aromatic amines is 1. The minimum atomic E-state index is -1.01. The molecule has 0 saturated heterocycles. The fourth-order valence-electron chi connectivity index (χ4n) is 8.64. The Morgan fingerprint density at radius 1 is 0.902 bits per heavy atom. The fourth-order valence-corrected chi connectivity index (χ4v) is 8.64. The Kier molecular flexibility index (Phi) is 15.0. The zero-order valence-corrected chi connectivity index (χ0v) is 36.4. The summed E-state index contributed by atoms with van der Waals surface area (Å²) in [5.74, 6) is -0.761. The second-order valence-electron chi connectivity index (χ2n) is 17.5. The van der Waals surface area contributed by atoms with Crippen molar-refractivity contribution in [2.75, 3.05) is 24.5 Å². The molecule has 0 radical (unpaired) electrons. The highest BCUT2D eigenvalue weighted by Crippen LogP contribution is 2.33. The predicted molar refractivity (Wildman–Crippen MR) is 234 cm³/mol. The van der Waals surface area contributed by atoms with E-state index in [-0.39, 0.29) is 30.2 Å². The first-order valence-electron chi connectivity index (χ1n) is 21.8. The summed E-state index contributed by atoms with van der Waals surface area (Å²) in [4.78, 5) is 62.2. The molecule has 15 heteroatoms. The van der Waals surface area contributed by atoms with Gasteiger partial charge >= 0.3 is 6.09 Å². The zero-order chi connectivity index (χ0) is 43.7. The molecule has 2 aliphatic rings. The molecular formula is C46H62N10O5. The van der Waals surface area contributed by atoms with Gasteiger partial charge in [-0.05, 0) is 157 Å². The number of hydrogen-bond donors (Lipinski definition) is 4. The molecule has 326 valence electrons. The van der Waals surface area contributed by atoms with E-state index in [1.165, 1.54) is 4.90 Å². The number of H-pyrrole nitrogens is 1. The first-order chi connectivity index (χ1) is 29.2. The third-order valence-electron chi connectivity index (χ3n) is 12.0. The Bertz CT molecular complexity index is 2080. The molecule has 2 saturated carbocycles. The second-order valence-corrected chi connectivity index (χ2v) is 17.5. The number of nitrogens with two attached hydrogens (primary N) is 1. The molecule has 0 bridgehead atoms. The number of amides is 4. The van der Waals surface area contributed by atoms with E-state index >= 15 is 0 Å². The number of nitrogens with one attached hydrogen (secondary N) is 3. The van der Waals surface area contributed by atoms with E-state index in [1.807, 2.05) is 58.0 Å². The Morgan fingerprint density at radius 2 is 1.56 bits per heavy atom. The number of anilines is 1. The summed E-state index contributed by atoms with van der Waals surface area (Å²) in [7, 11) is 0. The molecule has 61 heavy (non-hydrogen) atoms. The van der Waals surface area contributed by atoms with Gasteiger partial charge in [0.05, 0.1) is 11.7 Å². The van der Waals surface area contributed by atoms with E-state index in [9.17, 15) is 19.2 Å². The summed E-state index contributed by atoms with van der Waals surface area (Å²) in [6, 6.07) is 16.2. The van der Waals surface area contributed by atoms with Crippen LogP contribution in [0.25, 0.3) is 22.5 Å². The number of hydrogen-bond acceptors (Lipinski definition) is 11. The van der Waals surface area contributed by atoms with Crippen LogP contribution in [0.1, 0.15) is 108 Å². The number of benzene rings is 2. The number of carbonyl (C=O) groups is 4. The minimum Gasteiger partial charge on any atom is -0.444 e. The van der Waals surface area contributed by atoms with Crippen LogP contribution < -0.4 is 21.3 Å². The predicted octanol–water partition coefficient (Wildman–Crippen LogP) is 6.38. The summed E-state index contributed by atoms with van der Waals surface area (Å²) in [6.07, 6.45) is 8.16. The maximum atomic E-state index is 14.3. The van der Waals surface area contributed by atoms with Gasteiger partial charge in [0, 0.05) is 41.9 Å². The highest BCUT2D eigenvalue weighted by atomic mass is 16.6. The van der Waals surface area contributed by atoms with Gasteiger partial charge < -0.3 is 26.0 Å². The van der Waals surface area contributed by atoms with Crippen molar-refractivity contribution in [3.05, 3.63) is 77.6 Å². The number of carbonyl (C=O) groups excluding carboxylic acids is 4. The van der Waals surface area contributed by atoms with Crippen molar-refractivity contribution in [2.24, 2.45) is 17.6 Å². The number of alkyl carbamates (subject to hydrolysis) is 1. The van der Waals surface area contributed by atoms with Crippen molar-refractivity contribution in [2.45, 2.75) is 123 Å². The molecule has 2 fully saturated rings. The first-order valence-corrected chi connectivity index (χ1v) is 21.8. The SMILES string of the molecule is CCN(CC)C1CCC(NC(=O)c2cc(C)c(-c3ccc(C[C@H](N)C(=O)N(C(=O)C4CCC(CNC(=O)OC(C)(C)C)CC4)c4ccc(-c5nn[nH]n5)cc4)cc3)cn2)CC1. The number of aryl methyl sites for hydroxylation is 1. The van der Waals surface area contributed by atoms with Gasteiger partial charge in [0.2, 0.25) is 11.7 Å². The van der Waals surface area contributed by atoms with Gasteiger partial charge in [0.25, 0.3) is 11.8 Å². The quantitative estimate of drug-likeness (QED) is 0.110. The van der Waals surface area contributed by atoms with Crippen LogP contribution in [0.5, 0.6) is 0 Å². The minimum absolute atomic E-state index is 0.148. The Labute approximate surface area is 359 Å². The average Bonchev–Trinajstić information content (AvgIpc) is 3.80. The number of tetrazole rings is 1. The van der Waals surface area contributed by atoms with Gasteiger partial charge in [0.1, 0.15) is 11.3 Å². The largest absolute Gasteiger partial charge is 0.444 e. The van der Waals surface area contributed by atoms with Gasteiger partial charge in [-0.25, -0.2) is 9.69 Å². The summed E-state index contributed by atoms with van der Waals surface area (Å²) < 4.78 is 5.38. The van der Waals surface area contributed by atoms with E-state index in [1.54, 1.807) is 30.5 Å². The van der Waals surface area contributed by atoms with Crippen molar-refractivity contribution < 1.29 is 23.9 Å². The van der Waals surface area contributed by atoms with Crippen LogP contribution in [-0.4, -0.2) is 97.7 Å². The standard InChI is InChI=1S/C46H62N10O5/c1-7-55(8-2)36-23-19-35(20-24-36)50-42(57)40-25-29(3)38(28-48-40)32-13-9-30(10-14-32)26-39(47)44(59)56(37-21-17-33(18-22-37)41-51-53-54-52-41)43(58)34-15-11-31(12-16-34)27-49-45(60)61-46(4,5)6/h9-10,13-14,17-18,21-22,25,28,31,34-36,39H,7-8,11-12,15-16,19-20,23-24,26-27,47H2,1-6H3,(H,49,60)(H,50,57)(H,51,52,53,54)/t31?,34?,35?,36?,39-/m0/s1. The summed E-state index contributed by atoms with van der Waals surface area (Å²) >= 11 is 0. The molecule has 4 aromatic rings. The Hall–Kier alpha value is -5.54. The van der Waals surface area contributed by atoms with E-state index in [4.69, 9.17) is 10.5 Å². The number of ether oxygens (including phenoxy) is 1. The van der Waals surface area contributed by atoms with E-state index in [2.05, 4.69) is 55.0 Å². The first kappa shape index (κ1) is 45.0. The normalized spacial score (nSPS) is 19.8. The Morgan fingerprint density at radius 3 is 2.15 bits per heavy atom. The summed E-state index contributed by atoms with van der Waals surface area (Å²) in [6.45, 7) is 14.4. The van der Waals surface area contributed by atoms with Gasteiger partial charge in [-0.1, -0.05) is 38.1 Å². The van der Waals surface area contributed by atoms with Crippen molar-refractivity contribution in [3.63, 3.8) is 0 Å². The highest BCUT2D eigenvalue weighted by Gasteiger charge is 2.36. The summed E-state index contributed by atoms with van der Waals surface area (Å²) in [5.41, 5.74) is 11.1. The molecule has 2 heterocycles. The molecule has 1 atom stereocenters. The molecule has 15 nitrogen and oxygen atoms in total. The fraction of sp³-hybridized carbons (Fsp3) is 0.522. The van der Waals surface area contributed by atoms with Crippen LogP contribution in [0, 0.1) is 18.8 Å². The van der Waals surface area contributed by atoms with Crippen molar-refractivity contribution in [1.82, 2.24) is 41.1 Å². The second kappa shape index (κ2) is 20.3. The third kappa shape index (κ3) is 11.9. The molecule has 2 aromatic carbocycles. The molecule has 2 aromatic heterocycles.